The molecule has 0 aliphatic heterocycles. The molecule has 1 aromatic rings. The Morgan fingerprint density at radius 1 is 1.22 bits per heavy atom. The van der Waals surface area contributed by atoms with Crippen LogP contribution in [0.2, 0.25) is 5.02 Å². The highest BCUT2D eigenvalue weighted by atomic mass is 35.5. The highest BCUT2D eigenvalue weighted by Gasteiger charge is 2.32. The van der Waals surface area contributed by atoms with E-state index in [4.69, 9.17) is 21.1 Å². The number of hydrogen-bond acceptors (Lipinski definition) is 4. The van der Waals surface area contributed by atoms with Gasteiger partial charge in [-0.05, 0) is 25.0 Å². The van der Waals surface area contributed by atoms with Gasteiger partial charge in [0, 0.05) is 11.6 Å². The molecule has 2 N–H and O–H groups in total. The first-order valence-electron chi connectivity index (χ1n) is 7.43. The number of rotatable bonds is 5. The summed E-state index contributed by atoms with van der Waals surface area (Å²) in [5, 5.41) is 12.3. The number of ether oxygens (including phenoxy) is 2. The molecule has 0 saturated heterocycles. The van der Waals surface area contributed by atoms with Crippen molar-refractivity contribution >= 4 is 23.5 Å². The highest BCUT2D eigenvalue weighted by molar-refractivity contribution is 6.32. The summed E-state index contributed by atoms with van der Waals surface area (Å²) in [6, 6.07) is 2.63. The van der Waals surface area contributed by atoms with Crippen molar-refractivity contribution in [1.82, 2.24) is 5.32 Å². The van der Waals surface area contributed by atoms with Crippen LogP contribution in [0.25, 0.3) is 0 Å². The quantitative estimate of drug-likeness (QED) is 0.860. The normalized spacial score (nSPS) is 20.7. The first-order valence-corrected chi connectivity index (χ1v) is 7.81. The third-order valence-electron chi connectivity index (χ3n) is 4.10. The maximum Gasteiger partial charge on any atom is 0.308 e. The van der Waals surface area contributed by atoms with Crippen molar-refractivity contribution in [3.8, 4) is 11.5 Å². The number of carboxylic acid groups (broad SMARTS) is 1. The lowest BCUT2D eigenvalue weighted by Crippen LogP contribution is -2.45. The van der Waals surface area contributed by atoms with Crippen LogP contribution in [-0.2, 0) is 4.79 Å². The third kappa shape index (κ3) is 3.88. The number of carbonyl (C=O) groups excluding carboxylic acids is 1. The molecule has 1 amide bonds. The molecule has 1 aromatic carbocycles. The van der Waals surface area contributed by atoms with Crippen molar-refractivity contribution in [2.45, 2.75) is 31.7 Å². The van der Waals surface area contributed by atoms with Gasteiger partial charge in [-0.25, -0.2) is 0 Å². The number of carboxylic acids is 1. The molecule has 1 aliphatic carbocycles. The molecule has 0 heterocycles. The molecule has 2 atom stereocenters. The van der Waals surface area contributed by atoms with Gasteiger partial charge >= 0.3 is 5.97 Å². The van der Waals surface area contributed by atoms with E-state index in [1.807, 2.05) is 0 Å². The van der Waals surface area contributed by atoms with E-state index in [1.54, 1.807) is 0 Å². The fourth-order valence-corrected chi connectivity index (χ4v) is 3.19. The molecule has 7 heteroatoms. The van der Waals surface area contributed by atoms with Crippen molar-refractivity contribution in [3.63, 3.8) is 0 Å². The van der Waals surface area contributed by atoms with Gasteiger partial charge in [0.05, 0.1) is 25.2 Å². The predicted octanol–water partition coefficient (Wildman–Crippen LogP) is 2.73. The van der Waals surface area contributed by atoms with Crippen LogP contribution in [0.15, 0.2) is 12.1 Å². The monoisotopic (exact) mass is 341 g/mol. The molecule has 0 bridgehead atoms. The molecule has 1 saturated carbocycles. The maximum absolute atomic E-state index is 12.4. The summed E-state index contributed by atoms with van der Waals surface area (Å²) >= 11 is 6.10. The molecule has 2 rings (SSSR count). The molecular weight excluding hydrogens is 322 g/mol. The summed E-state index contributed by atoms with van der Waals surface area (Å²) in [5.74, 6) is -1.09. The smallest absolute Gasteiger partial charge is 0.308 e. The Morgan fingerprint density at radius 3 is 2.52 bits per heavy atom. The van der Waals surface area contributed by atoms with Crippen molar-refractivity contribution in [3.05, 3.63) is 22.7 Å². The fourth-order valence-electron chi connectivity index (χ4n) is 2.90. The van der Waals surface area contributed by atoms with Crippen LogP contribution in [-0.4, -0.2) is 37.2 Å². The van der Waals surface area contributed by atoms with Gasteiger partial charge in [0.1, 0.15) is 0 Å². The van der Waals surface area contributed by atoms with Crippen molar-refractivity contribution < 1.29 is 24.2 Å². The minimum absolute atomic E-state index is 0.260. The van der Waals surface area contributed by atoms with E-state index >= 15 is 0 Å². The Morgan fingerprint density at radius 2 is 1.91 bits per heavy atom. The number of benzene rings is 1. The standard InChI is InChI=1S/C16H20ClNO5/c1-22-13-8-9(7-11(17)14(13)23-2)15(19)18-12-6-4-3-5-10(12)16(20)21/h7-8,10,12H,3-6H2,1-2H3,(H,18,19)(H,20,21). The number of amides is 1. The van der Waals surface area contributed by atoms with Gasteiger partial charge < -0.3 is 19.9 Å². The summed E-state index contributed by atoms with van der Waals surface area (Å²) in [5.41, 5.74) is 0.308. The number of carbonyl (C=O) groups is 2. The number of halogens is 1. The number of hydrogen-bond donors (Lipinski definition) is 2. The molecule has 0 spiro atoms. The average molecular weight is 342 g/mol. The van der Waals surface area contributed by atoms with Crippen LogP contribution < -0.4 is 14.8 Å². The van der Waals surface area contributed by atoms with E-state index in [0.29, 0.717) is 29.9 Å². The van der Waals surface area contributed by atoms with Gasteiger partial charge in [0.2, 0.25) is 0 Å². The minimum atomic E-state index is -0.875. The van der Waals surface area contributed by atoms with Gasteiger partial charge in [-0.15, -0.1) is 0 Å². The number of nitrogens with one attached hydrogen (secondary N) is 1. The summed E-state index contributed by atoms with van der Waals surface area (Å²) in [7, 11) is 2.92. The van der Waals surface area contributed by atoms with Crippen LogP contribution in [0.1, 0.15) is 36.0 Å². The molecule has 0 aromatic heterocycles. The summed E-state index contributed by atoms with van der Waals surface area (Å²) in [4.78, 5) is 23.8. The van der Waals surface area contributed by atoms with Gasteiger partial charge in [0.15, 0.2) is 11.5 Å². The fraction of sp³-hybridized carbons (Fsp3) is 0.500. The number of aliphatic carboxylic acids is 1. The van der Waals surface area contributed by atoms with E-state index in [1.165, 1.54) is 26.4 Å². The lowest BCUT2D eigenvalue weighted by atomic mass is 9.84. The molecule has 126 valence electrons. The van der Waals surface area contributed by atoms with Crippen molar-refractivity contribution in [2.24, 2.45) is 5.92 Å². The van der Waals surface area contributed by atoms with Gasteiger partial charge in [-0.3, -0.25) is 9.59 Å². The maximum atomic E-state index is 12.4. The Balaban J connectivity index is 2.20. The molecule has 0 radical (unpaired) electrons. The molecule has 23 heavy (non-hydrogen) atoms. The minimum Gasteiger partial charge on any atom is -0.493 e. The molecule has 1 fully saturated rings. The zero-order chi connectivity index (χ0) is 17.0. The Hall–Kier alpha value is -1.95. The number of methoxy groups -OCH3 is 2. The zero-order valence-corrected chi connectivity index (χ0v) is 13.9. The Bertz CT molecular complexity index is 604. The average Bonchev–Trinajstić information content (AvgIpc) is 2.54. The lowest BCUT2D eigenvalue weighted by Gasteiger charge is -2.29. The summed E-state index contributed by atoms with van der Waals surface area (Å²) < 4.78 is 10.3. The van der Waals surface area contributed by atoms with Gasteiger partial charge in [0.25, 0.3) is 5.91 Å². The van der Waals surface area contributed by atoms with Crippen LogP contribution in [0.3, 0.4) is 0 Å². The van der Waals surface area contributed by atoms with E-state index in [2.05, 4.69) is 5.32 Å². The molecule has 2 unspecified atom stereocenters. The van der Waals surface area contributed by atoms with Crippen LogP contribution in [0, 0.1) is 5.92 Å². The predicted molar refractivity (Wildman–Crippen MR) is 85.4 cm³/mol. The second kappa shape index (κ2) is 7.55. The van der Waals surface area contributed by atoms with Crippen molar-refractivity contribution in [1.29, 1.82) is 0 Å². The Kier molecular flexibility index (Phi) is 5.71. The lowest BCUT2D eigenvalue weighted by molar-refractivity contribution is -0.143. The first kappa shape index (κ1) is 17.4. The topological polar surface area (TPSA) is 84.9 Å². The summed E-state index contributed by atoms with van der Waals surface area (Å²) in [6.45, 7) is 0. The van der Waals surface area contributed by atoms with Gasteiger partial charge in [-0.1, -0.05) is 24.4 Å². The SMILES string of the molecule is COc1cc(C(=O)NC2CCCCC2C(=O)O)cc(Cl)c1OC. The van der Waals surface area contributed by atoms with Gasteiger partial charge in [-0.2, -0.15) is 0 Å². The van der Waals surface area contributed by atoms with Crippen molar-refractivity contribution in [2.75, 3.05) is 14.2 Å². The first-order chi connectivity index (χ1) is 11.0. The van der Waals surface area contributed by atoms with E-state index in [9.17, 15) is 14.7 Å². The second-order valence-corrected chi connectivity index (χ2v) is 5.91. The van der Waals surface area contributed by atoms with E-state index in [0.717, 1.165) is 12.8 Å². The van der Waals surface area contributed by atoms with Crippen LogP contribution in [0.5, 0.6) is 11.5 Å². The largest absolute Gasteiger partial charge is 0.493 e. The molecular formula is C16H20ClNO5. The second-order valence-electron chi connectivity index (χ2n) is 5.50. The van der Waals surface area contributed by atoms with Crippen LogP contribution >= 0.6 is 11.6 Å². The molecule has 6 nitrogen and oxygen atoms in total. The summed E-state index contributed by atoms with van der Waals surface area (Å²) in [6.07, 6.45) is 3.00. The highest BCUT2D eigenvalue weighted by Crippen LogP contribution is 2.36. The Labute approximate surface area is 139 Å². The van der Waals surface area contributed by atoms with E-state index in [-0.39, 0.29) is 17.0 Å². The van der Waals surface area contributed by atoms with E-state index < -0.39 is 11.9 Å². The van der Waals surface area contributed by atoms with Crippen LogP contribution in [0.4, 0.5) is 0 Å². The molecule has 1 aliphatic rings. The zero-order valence-electron chi connectivity index (χ0n) is 13.1. The third-order valence-corrected chi connectivity index (χ3v) is 4.38.